The molecule has 0 amide bonds. The van der Waals surface area contributed by atoms with Gasteiger partial charge in [0.2, 0.25) is 23.8 Å². The van der Waals surface area contributed by atoms with Crippen molar-refractivity contribution in [3.63, 3.8) is 0 Å². The maximum atomic E-state index is 5.21. The molecule has 4 rings (SSSR count). The number of hydrogen-bond acceptors (Lipinski definition) is 12. The van der Waals surface area contributed by atoms with E-state index in [1.54, 1.807) is 0 Å². The van der Waals surface area contributed by atoms with Crippen LogP contribution in [0.1, 0.15) is 25.7 Å². The van der Waals surface area contributed by atoms with Crippen molar-refractivity contribution in [2.75, 3.05) is 61.1 Å². The van der Waals surface area contributed by atoms with Gasteiger partial charge in [-0.15, -0.1) is 0 Å². The van der Waals surface area contributed by atoms with Gasteiger partial charge in [0.05, 0.1) is 14.2 Å². The van der Waals surface area contributed by atoms with Gasteiger partial charge in [-0.1, -0.05) is 0 Å². The maximum absolute atomic E-state index is 5.21. The highest BCUT2D eigenvalue weighted by atomic mass is 16.5. The molecule has 0 unspecified atom stereocenters. The summed E-state index contributed by atoms with van der Waals surface area (Å²) >= 11 is 0. The molecule has 2 saturated heterocycles. The highest BCUT2D eigenvalue weighted by Crippen LogP contribution is 2.21. The molecule has 12 heteroatoms. The van der Waals surface area contributed by atoms with Crippen LogP contribution in [0, 0.1) is 0 Å². The van der Waals surface area contributed by atoms with Gasteiger partial charge in [-0.3, -0.25) is 10.9 Å². The van der Waals surface area contributed by atoms with Gasteiger partial charge in [0, 0.05) is 26.2 Å². The lowest BCUT2D eigenvalue weighted by Crippen LogP contribution is -2.24. The lowest BCUT2D eigenvalue weighted by molar-refractivity contribution is 0.378. The summed E-state index contributed by atoms with van der Waals surface area (Å²) in [6.07, 6.45) is 4.50. The van der Waals surface area contributed by atoms with Crippen LogP contribution in [0.15, 0.2) is 0 Å². The first-order chi connectivity index (χ1) is 13.7. The van der Waals surface area contributed by atoms with Gasteiger partial charge < -0.3 is 19.3 Å². The third-order valence-corrected chi connectivity index (χ3v) is 4.64. The van der Waals surface area contributed by atoms with Gasteiger partial charge in [-0.25, -0.2) is 0 Å². The van der Waals surface area contributed by atoms with Gasteiger partial charge >= 0.3 is 12.0 Å². The molecule has 28 heavy (non-hydrogen) atoms. The number of methoxy groups -OCH3 is 2. The van der Waals surface area contributed by atoms with Crippen LogP contribution in [0.4, 0.5) is 23.8 Å². The number of nitrogens with zero attached hydrogens (tertiary/aromatic N) is 8. The molecule has 2 aromatic heterocycles. The van der Waals surface area contributed by atoms with E-state index >= 15 is 0 Å². The summed E-state index contributed by atoms with van der Waals surface area (Å²) in [5.74, 6) is 1.80. The first-order valence-electron chi connectivity index (χ1n) is 9.37. The Morgan fingerprint density at radius 2 is 1.00 bits per heavy atom. The number of hydrazine groups is 1. The van der Waals surface area contributed by atoms with Crippen molar-refractivity contribution in [1.29, 1.82) is 0 Å². The minimum Gasteiger partial charge on any atom is -0.467 e. The number of rotatable bonds is 7. The zero-order chi connectivity index (χ0) is 19.3. The van der Waals surface area contributed by atoms with Gasteiger partial charge in [0.15, 0.2) is 0 Å². The van der Waals surface area contributed by atoms with Crippen molar-refractivity contribution < 1.29 is 9.47 Å². The number of ether oxygens (including phenoxy) is 2. The van der Waals surface area contributed by atoms with Crippen LogP contribution in [0.5, 0.6) is 12.0 Å². The molecule has 0 atom stereocenters. The second-order valence-corrected chi connectivity index (χ2v) is 6.53. The zero-order valence-electron chi connectivity index (χ0n) is 16.1. The van der Waals surface area contributed by atoms with Crippen LogP contribution in [0.2, 0.25) is 0 Å². The van der Waals surface area contributed by atoms with E-state index in [-0.39, 0.29) is 12.0 Å². The van der Waals surface area contributed by atoms with E-state index in [0.717, 1.165) is 51.9 Å². The summed E-state index contributed by atoms with van der Waals surface area (Å²) < 4.78 is 10.4. The van der Waals surface area contributed by atoms with Crippen molar-refractivity contribution in [1.82, 2.24) is 29.9 Å². The quantitative estimate of drug-likeness (QED) is 0.649. The standard InChI is InChI=1S/C16H24N10O2/c1-27-15-19-11(17-13(21-15)25-7-3-4-8-25)23-24-12-18-14(22-16(20-12)28-2)26-9-5-6-10-26/h3-10H2,1-2H3,(H,17,19,21,23)(H,18,20,22,24). The average molecular weight is 388 g/mol. The molecule has 12 nitrogen and oxygen atoms in total. The number of aromatic nitrogens is 6. The third-order valence-electron chi connectivity index (χ3n) is 4.64. The van der Waals surface area contributed by atoms with Crippen LogP contribution >= 0.6 is 0 Å². The van der Waals surface area contributed by atoms with Crippen LogP contribution in [0.3, 0.4) is 0 Å². The molecule has 0 spiro atoms. The average Bonchev–Trinajstić information content (AvgIpc) is 3.46. The Labute approximate surface area is 162 Å². The van der Waals surface area contributed by atoms with E-state index in [9.17, 15) is 0 Å². The maximum Gasteiger partial charge on any atom is 0.322 e. The monoisotopic (exact) mass is 388 g/mol. The molecule has 2 N–H and O–H groups in total. The molecule has 150 valence electrons. The van der Waals surface area contributed by atoms with E-state index in [0.29, 0.717) is 23.8 Å². The Kier molecular flexibility index (Phi) is 5.35. The Hall–Kier alpha value is -3.18. The van der Waals surface area contributed by atoms with Crippen molar-refractivity contribution in [3.05, 3.63) is 0 Å². The molecule has 2 aliphatic rings. The van der Waals surface area contributed by atoms with Gasteiger partial charge in [-0.05, 0) is 25.7 Å². The van der Waals surface area contributed by atoms with E-state index < -0.39 is 0 Å². The fourth-order valence-corrected chi connectivity index (χ4v) is 3.22. The normalized spacial score (nSPS) is 16.4. The molecule has 2 fully saturated rings. The smallest absolute Gasteiger partial charge is 0.322 e. The molecule has 4 heterocycles. The fraction of sp³-hybridized carbons (Fsp3) is 0.625. The SMILES string of the molecule is COc1nc(NNc2nc(OC)nc(N3CCCC3)n2)nc(N2CCCC2)n1. The second-order valence-electron chi connectivity index (χ2n) is 6.53. The van der Waals surface area contributed by atoms with E-state index in [1.165, 1.54) is 14.2 Å². The van der Waals surface area contributed by atoms with Crippen molar-refractivity contribution in [3.8, 4) is 12.0 Å². The van der Waals surface area contributed by atoms with E-state index in [2.05, 4.69) is 50.6 Å². The number of hydrogen-bond donors (Lipinski definition) is 2. The summed E-state index contributed by atoms with van der Waals surface area (Å²) in [7, 11) is 3.05. The predicted octanol–water partition coefficient (Wildman–Crippen LogP) is 0.713. The first kappa shape index (κ1) is 18.2. The number of anilines is 4. The summed E-state index contributed by atoms with van der Waals surface area (Å²) in [6.45, 7) is 3.68. The lowest BCUT2D eigenvalue weighted by atomic mass is 10.4. The molecule has 2 aliphatic heterocycles. The van der Waals surface area contributed by atoms with Crippen LogP contribution < -0.4 is 30.1 Å². The Bertz CT molecular complexity index is 741. The number of nitrogens with one attached hydrogen (secondary N) is 2. The fourth-order valence-electron chi connectivity index (χ4n) is 3.22. The zero-order valence-corrected chi connectivity index (χ0v) is 16.1. The summed E-state index contributed by atoms with van der Waals surface area (Å²) in [5, 5.41) is 0. The topological polar surface area (TPSA) is 126 Å². The molecule has 0 radical (unpaired) electrons. The van der Waals surface area contributed by atoms with Crippen molar-refractivity contribution >= 4 is 23.8 Å². The Balaban J connectivity index is 1.52. The highest BCUT2D eigenvalue weighted by Gasteiger charge is 2.19. The minimum absolute atomic E-state index is 0.243. The van der Waals surface area contributed by atoms with Crippen LogP contribution in [-0.2, 0) is 0 Å². The van der Waals surface area contributed by atoms with Crippen molar-refractivity contribution in [2.24, 2.45) is 0 Å². The second kappa shape index (κ2) is 8.23. The summed E-state index contributed by atoms with van der Waals surface area (Å²) in [6, 6.07) is 0.486. The Morgan fingerprint density at radius 3 is 1.36 bits per heavy atom. The summed E-state index contributed by atoms with van der Waals surface area (Å²) in [5.41, 5.74) is 5.85. The van der Waals surface area contributed by atoms with Gasteiger partial charge in [0.25, 0.3) is 0 Å². The van der Waals surface area contributed by atoms with E-state index in [1.807, 2.05) is 0 Å². The first-order valence-corrected chi connectivity index (χ1v) is 9.37. The van der Waals surface area contributed by atoms with Gasteiger partial charge in [0.1, 0.15) is 0 Å². The Morgan fingerprint density at radius 1 is 0.607 bits per heavy atom. The lowest BCUT2D eigenvalue weighted by Gasteiger charge is -2.17. The van der Waals surface area contributed by atoms with E-state index in [4.69, 9.17) is 9.47 Å². The molecule has 2 aromatic rings. The largest absolute Gasteiger partial charge is 0.467 e. The third kappa shape index (κ3) is 4.05. The molecular formula is C16H24N10O2. The molecule has 0 saturated carbocycles. The molecule has 0 bridgehead atoms. The molecule has 0 aliphatic carbocycles. The van der Waals surface area contributed by atoms with Crippen LogP contribution in [-0.4, -0.2) is 70.3 Å². The molecule has 0 aromatic carbocycles. The predicted molar refractivity (Wildman–Crippen MR) is 103 cm³/mol. The minimum atomic E-state index is 0.243. The highest BCUT2D eigenvalue weighted by molar-refractivity contribution is 5.45. The molecular weight excluding hydrogens is 364 g/mol. The summed E-state index contributed by atoms with van der Waals surface area (Å²) in [4.78, 5) is 30.2. The van der Waals surface area contributed by atoms with Crippen LogP contribution in [0.25, 0.3) is 0 Å². The van der Waals surface area contributed by atoms with Crippen molar-refractivity contribution in [2.45, 2.75) is 25.7 Å². The van der Waals surface area contributed by atoms with Gasteiger partial charge in [-0.2, -0.15) is 29.9 Å².